The van der Waals surface area contributed by atoms with Crippen molar-refractivity contribution in [2.24, 2.45) is 0 Å². The van der Waals surface area contributed by atoms with Crippen molar-refractivity contribution in [3.05, 3.63) is 86.3 Å². The fraction of sp³-hybridized carbons (Fsp3) is 0.471. The van der Waals surface area contributed by atoms with E-state index < -0.39 is 0 Å². The Hall–Kier alpha value is -3.46. The van der Waals surface area contributed by atoms with E-state index >= 15 is 0 Å². The predicted molar refractivity (Wildman–Crippen MR) is 167 cm³/mol. The lowest BCUT2D eigenvalue weighted by Crippen LogP contribution is -2.40. The SMILES string of the molecule is CCN(c1cc(-c2ccc(CN3CCCOC3)cc2)cc(C(=O)NCc2c(C)cc(C)[nH]c2=O)c1C)C1CCOCC1. The minimum Gasteiger partial charge on any atom is -0.381 e. The molecule has 3 heterocycles. The van der Waals surface area contributed by atoms with Gasteiger partial charge in [-0.2, -0.15) is 0 Å². The van der Waals surface area contributed by atoms with Crippen LogP contribution in [0.2, 0.25) is 0 Å². The number of aromatic nitrogens is 1. The van der Waals surface area contributed by atoms with Gasteiger partial charge in [0.05, 0.1) is 6.73 Å². The second kappa shape index (κ2) is 13.7. The Morgan fingerprint density at radius 1 is 1.02 bits per heavy atom. The Labute approximate surface area is 249 Å². The van der Waals surface area contributed by atoms with E-state index in [4.69, 9.17) is 9.47 Å². The van der Waals surface area contributed by atoms with Crippen LogP contribution >= 0.6 is 0 Å². The van der Waals surface area contributed by atoms with Crippen molar-refractivity contribution in [2.45, 2.75) is 66.1 Å². The van der Waals surface area contributed by atoms with Crippen LogP contribution in [-0.2, 0) is 22.6 Å². The summed E-state index contributed by atoms with van der Waals surface area (Å²) in [6.07, 6.45) is 2.99. The second-order valence-corrected chi connectivity index (χ2v) is 11.6. The summed E-state index contributed by atoms with van der Waals surface area (Å²) in [5.74, 6) is -0.181. The van der Waals surface area contributed by atoms with Gasteiger partial charge in [0, 0.05) is 74.5 Å². The van der Waals surface area contributed by atoms with Crippen molar-refractivity contribution in [1.29, 1.82) is 0 Å². The molecule has 0 atom stereocenters. The molecule has 0 aliphatic carbocycles. The van der Waals surface area contributed by atoms with Crippen LogP contribution in [0, 0.1) is 20.8 Å². The molecule has 1 aromatic heterocycles. The maximum atomic E-state index is 13.7. The molecule has 8 nitrogen and oxygen atoms in total. The van der Waals surface area contributed by atoms with Crippen LogP contribution in [-0.4, -0.2) is 61.5 Å². The number of aromatic amines is 1. The summed E-state index contributed by atoms with van der Waals surface area (Å²) in [7, 11) is 0. The van der Waals surface area contributed by atoms with E-state index in [1.165, 1.54) is 5.56 Å². The number of hydrogen-bond acceptors (Lipinski definition) is 6. The lowest BCUT2D eigenvalue weighted by atomic mass is 9.94. The molecular weight excluding hydrogens is 528 g/mol. The van der Waals surface area contributed by atoms with Gasteiger partial charge in [0.15, 0.2) is 0 Å². The number of benzene rings is 2. The first-order valence-electron chi connectivity index (χ1n) is 15.2. The molecule has 0 spiro atoms. The van der Waals surface area contributed by atoms with Gasteiger partial charge < -0.3 is 24.7 Å². The molecule has 3 aromatic rings. The number of amides is 1. The first kappa shape index (κ1) is 30.0. The van der Waals surface area contributed by atoms with E-state index in [1.807, 2.05) is 32.9 Å². The van der Waals surface area contributed by atoms with Crippen LogP contribution in [0.15, 0.2) is 47.3 Å². The highest BCUT2D eigenvalue weighted by atomic mass is 16.5. The van der Waals surface area contributed by atoms with Crippen molar-refractivity contribution in [3.63, 3.8) is 0 Å². The standard InChI is InChI=1S/C34H44N4O4/c1-5-38(29-11-15-41-16-12-29)32-19-28(27-9-7-26(8-10-27)21-37-13-6-14-42-22-37)18-30(25(32)4)33(39)35-20-31-23(2)17-24(3)36-34(31)40/h7-10,17-19,29H,5-6,11-16,20-22H2,1-4H3,(H,35,39)(H,36,40). The zero-order chi connectivity index (χ0) is 29.6. The van der Waals surface area contributed by atoms with E-state index in [0.29, 0.717) is 23.9 Å². The van der Waals surface area contributed by atoms with Crippen LogP contribution in [0.4, 0.5) is 5.69 Å². The monoisotopic (exact) mass is 572 g/mol. The number of aryl methyl sites for hydroxylation is 2. The van der Waals surface area contributed by atoms with Gasteiger partial charge in [-0.3, -0.25) is 14.5 Å². The smallest absolute Gasteiger partial charge is 0.253 e. The number of pyridine rings is 1. The average Bonchev–Trinajstić information content (AvgIpc) is 2.99. The van der Waals surface area contributed by atoms with E-state index in [2.05, 4.69) is 57.4 Å². The zero-order valence-electron chi connectivity index (χ0n) is 25.4. The summed E-state index contributed by atoms with van der Waals surface area (Å²) in [6.45, 7) is 13.9. The molecule has 0 radical (unpaired) electrons. The number of carbonyl (C=O) groups is 1. The maximum Gasteiger partial charge on any atom is 0.253 e. The molecule has 2 N–H and O–H groups in total. The summed E-state index contributed by atoms with van der Waals surface area (Å²) in [5, 5.41) is 3.04. The normalized spacial score (nSPS) is 16.4. The van der Waals surface area contributed by atoms with Crippen molar-refractivity contribution < 1.29 is 14.3 Å². The fourth-order valence-electron chi connectivity index (χ4n) is 6.22. The number of nitrogens with one attached hydrogen (secondary N) is 2. The van der Waals surface area contributed by atoms with Crippen molar-refractivity contribution >= 4 is 11.6 Å². The number of carbonyl (C=O) groups excluding carboxylic acids is 1. The number of hydrogen-bond donors (Lipinski definition) is 2. The Kier molecular flexibility index (Phi) is 9.77. The van der Waals surface area contributed by atoms with Gasteiger partial charge in [-0.05, 0) is 93.0 Å². The number of rotatable bonds is 9. The highest BCUT2D eigenvalue weighted by molar-refractivity contribution is 5.99. The van der Waals surface area contributed by atoms with Gasteiger partial charge in [-0.1, -0.05) is 24.3 Å². The Bertz CT molecular complexity index is 1440. The molecular formula is C34H44N4O4. The minimum absolute atomic E-state index is 0.160. The molecule has 5 rings (SSSR count). The Morgan fingerprint density at radius 3 is 2.45 bits per heavy atom. The largest absolute Gasteiger partial charge is 0.381 e. The van der Waals surface area contributed by atoms with Gasteiger partial charge in [0.2, 0.25) is 0 Å². The first-order chi connectivity index (χ1) is 20.3. The number of nitrogens with zero attached hydrogens (tertiary/aromatic N) is 2. The van der Waals surface area contributed by atoms with E-state index in [1.54, 1.807) is 0 Å². The molecule has 42 heavy (non-hydrogen) atoms. The average molecular weight is 573 g/mol. The quantitative estimate of drug-likeness (QED) is 0.372. The van der Waals surface area contributed by atoms with Gasteiger partial charge in [-0.25, -0.2) is 0 Å². The van der Waals surface area contributed by atoms with Crippen molar-refractivity contribution in [1.82, 2.24) is 15.2 Å². The molecule has 1 amide bonds. The second-order valence-electron chi connectivity index (χ2n) is 11.6. The molecule has 2 fully saturated rings. The molecule has 2 aliphatic rings. The third-order valence-corrected chi connectivity index (χ3v) is 8.56. The summed E-state index contributed by atoms with van der Waals surface area (Å²) in [5.41, 5.74) is 8.06. The van der Waals surface area contributed by atoms with E-state index in [9.17, 15) is 9.59 Å². The van der Waals surface area contributed by atoms with Crippen LogP contribution in [0.3, 0.4) is 0 Å². The molecule has 2 aromatic carbocycles. The summed E-state index contributed by atoms with van der Waals surface area (Å²) < 4.78 is 11.3. The maximum absolute atomic E-state index is 13.7. The first-order valence-corrected chi connectivity index (χ1v) is 15.2. The van der Waals surface area contributed by atoms with Crippen LogP contribution in [0.5, 0.6) is 0 Å². The van der Waals surface area contributed by atoms with Crippen LogP contribution in [0.1, 0.15) is 64.5 Å². The molecule has 0 unspecified atom stereocenters. The zero-order valence-corrected chi connectivity index (χ0v) is 25.4. The highest BCUT2D eigenvalue weighted by Crippen LogP contribution is 2.34. The fourth-order valence-corrected chi connectivity index (χ4v) is 6.22. The molecule has 8 heteroatoms. The number of ether oxygens (including phenoxy) is 2. The van der Waals surface area contributed by atoms with Crippen LogP contribution < -0.4 is 15.8 Å². The lowest BCUT2D eigenvalue weighted by Gasteiger charge is -2.37. The highest BCUT2D eigenvalue weighted by Gasteiger charge is 2.25. The number of H-pyrrole nitrogens is 1. The Balaban J connectivity index is 1.46. The third-order valence-electron chi connectivity index (χ3n) is 8.56. The summed E-state index contributed by atoms with van der Waals surface area (Å²) in [4.78, 5) is 33.9. The van der Waals surface area contributed by atoms with Crippen molar-refractivity contribution in [2.75, 3.05) is 44.5 Å². The van der Waals surface area contributed by atoms with E-state index in [-0.39, 0.29) is 18.0 Å². The van der Waals surface area contributed by atoms with Gasteiger partial charge in [-0.15, -0.1) is 0 Å². The summed E-state index contributed by atoms with van der Waals surface area (Å²) in [6, 6.07) is 15.2. The minimum atomic E-state index is -0.181. The van der Waals surface area contributed by atoms with Gasteiger partial charge in [0.25, 0.3) is 11.5 Å². The van der Waals surface area contributed by atoms with Gasteiger partial charge in [0.1, 0.15) is 0 Å². The topological polar surface area (TPSA) is 86.9 Å². The Morgan fingerprint density at radius 2 is 1.79 bits per heavy atom. The number of anilines is 1. The lowest BCUT2D eigenvalue weighted by molar-refractivity contribution is -0.0176. The molecule has 0 bridgehead atoms. The molecule has 2 aliphatic heterocycles. The molecule has 224 valence electrons. The third kappa shape index (κ3) is 6.94. The van der Waals surface area contributed by atoms with Gasteiger partial charge >= 0.3 is 0 Å². The predicted octanol–water partition coefficient (Wildman–Crippen LogP) is 5.08. The molecule has 2 saturated heterocycles. The van der Waals surface area contributed by atoms with Crippen LogP contribution in [0.25, 0.3) is 11.1 Å². The molecule has 0 saturated carbocycles. The van der Waals surface area contributed by atoms with Crippen molar-refractivity contribution in [3.8, 4) is 11.1 Å². The summed E-state index contributed by atoms with van der Waals surface area (Å²) >= 11 is 0. The van der Waals surface area contributed by atoms with E-state index in [0.717, 1.165) is 92.4 Å².